The number of hydrogen-bond donors (Lipinski definition) is 2. The first-order valence-corrected chi connectivity index (χ1v) is 10.3. The maximum atomic E-state index is 12.6. The Morgan fingerprint density at radius 3 is 2.70 bits per heavy atom. The van der Waals surface area contributed by atoms with Gasteiger partial charge in [0.1, 0.15) is 0 Å². The van der Waals surface area contributed by atoms with Gasteiger partial charge in [0, 0.05) is 36.9 Å². The molecular weight excluding hydrogens is 358 g/mol. The van der Waals surface area contributed by atoms with Gasteiger partial charge < -0.3 is 5.32 Å². The molecule has 0 amide bonds. The van der Waals surface area contributed by atoms with Gasteiger partial charge in [-0.1, -0.05) is 48.6 Å². The van der Waals surface area contributed by atoms with Crippen molar-refractivity contribution in [3.05, 3.63) is 78.6 Å². The van der Waals surface area contributed by atoms with E-state index in [-0.39, 0.29) is 10.9 Å². The highest BCUT2D eigenvalue weighted by Gasteiger charge is 2.17. The minimum atomic E-state index is -3.57. The molecule has 1 aromatic heterocycles. The lowest BCUT2D eigenvalue weighted by molar-refractivity contribution is 0.545. The van der Waals surface area contributed by atoms with Crippen LogP contribution in [0.4, 0.5) is 0 Å². The van der Waals surface area contributed by atoms with E-state index in [0.29, 0.717) is 13.1 Å². The van der Waals surface area contributed by atoms with Gasteiger partial charge in [0.15, 0.2) is 0 Å². The molecule has 1 unspecified atom stereocenters. The quantitative estimate of drug-likeness (QED) is 0.588. The number of nitrogens with zero attached hydrogens (tertiary/aromatic N) is 1. The number of hydrogen-bond acceptors (Lipinski definition) is 4. The van der Waals surface area contributed by atoms with E-state index in [2.05, 4.69) is 15.0 Å². The lowest BCUT2D eigenvalue weighted by Crippen LogP contribution is -2.39. The van der Waals surface area contributed by atoms with Crippen molar-refractivity contribution in [2.45, 2.75) is 17.9 Å². The summed E-state index contributed by atoms with van der Waals surface area (Å²) in [6.07, 6.45) is 7.43. The van der Waals surface area contributed by atoms with Crippen LogP contribution in [0.1, 0.15) is 12.5 Å². The molecule has 0 aliphatic rings. The number of sulfonamides is 1. The van der Waals surface area contributed by atoms with E-state index in [9.17, 15) is 8.42 Å². The van der Waals surface area contributed by atoms with Crippen molar-refractivity contribution >= 4 is 26.9 Å². The van der Waals surface area contributed by atoms with Crippen LogP contribution >= 0.6 is 0 Å². The SMILES string of the molecule is CC(CNCC=Cc1ccccc1)NS(=O)(=O)c1ccc2cnccc2c1. The number of rotatable bonds is 8. The van der Waals surface area contributed by atoms with Crippen LogP contribution in [0.5, 0.6) is 0 Å². The monoisotopic (exact) mass is 381 g/mol. The smallest absolute Gasteiger partial charge is 0.240 e. The summed E-state index contributed by atoms with van der Waals surface area (Å²) >= 11 is 0. The summed E-state index contributed by atoms with van der Waals surface area (Å²) in [5, 5.41) is 5.00. The molecule has 27 heavy (non-hydrogen) atoms. The molecule has 0 fully saturated rings. The fourth-order valence-electron chi connectivity index (χ4n) is 2.75. The van der Waals surface area contributed by atoms with Crippen molar-refractivity contribution in [3.63, 3.8) is 0 Å². The molecule has 0 radical (unpaired) electrons. The van der Waals surface area contributed by atoms with E-state index in [1.54, 1.807) is 36.7 Å². The Kier molecular flexibility index (Phi) is 6.34. The normalized spacial score (nSPS) is 13.2. The first-order valence-electron chi connectivity index (χ1n) is 8.83. The fourth-order valence-corrected chi connectivity index (χ4v) is 4.02. The number of benzene rings is 2. The first-order chi connectivity index (χ1) is 13.0. The van der Waals surface area contributed by atoms with Crippen LogP contribution < -0.4 is 10.0 Å². The van der Waals surface area contributed by atoms with Gasteiger partial charge in [0.25, 0.3) is 0 Å². The van der Waals surface area contributed by atoms with Crippen molar-refractivity contribution < 1.29 is 8.42 Å². The molecule has 1 heterocycles. The second-order valence-electron chi connectivity index (χ2n) is 6.38. The van der Waals surface area contributed by atoms with Crippen LogP contribution in [-0.4, -0.2) is 32.5 Å². The maximum absolute atomic E-state index is 12.6. The van der Waals surface area contributed by atoms with Gasteiger partial charge >= 0.3 is 0 Å². The summed E-state index contributed by atoms with van der Waals surface area (Å²) < 4.78 is 27.9. The molecule has 0 bridgehead atoms. The molecular formula is C21H23N3O2S. The summed E-state index contributed by atoms with van der Waals surface area (Å²) in [5.41, 5.74) is 1.14. The third-order valence-electron chi connectivity index (χ3n) is 4.10. The minimum Gasteiger partial charge on any atom is -0.312 e. The van der Waals surface area contributed by atoms with Gasteiger partial charge in [-0.05, 0) is 36.1 Å². The second-order valence-corrected chi connectivity index (χ2v) is 8.09. The molecule has 140 valence electrons. The van der Waals surface area contributed by atoms with Crippen molar-refractivity contribution in [3.8, 4) is 0 Å². The minimum absolute atomic E-state index is 0.228. The molecule has 2 aromatic carbocycles. The number of pyridine rings is 1. The lowest BCUT2D eigenvalue weighted by atomic mass is 10.2. The zero-order chi connectivity index (χ0) is 19.1. The van der Waals surface area contributed by atoms with Crippen LogP contribution in [-0.2, 0) is 10.0 Å². The van der Waals surface area contributed by atoms with Gasteiger partial charge in [0.05, 0.1) is 4.90 Å². The molecule has 0 saturated heterocycles. The van der Waals surface area contributed by atoms with Crippen LogP contribution in [0, 0.1) is 0 Å². The Labute approximate surface area is 160 Å². The Morgan fingerprint density at radius 1 is 1.07 bits per heavy atom. The van der Waals surface area contributed by atoms with Crippen LogP contribution in [0.3, 0.4) is 0 Å². The van der Waals surface area contributed by atoms with Gasteiger partial charge in [0.2, 0.25) is 10.0 Å². The highest BCUT2D eigenvalue weighted by Crippen LogP contribution is 2.18. The topological polar surface area (TPSA) is 71.1 Å². The largest absolute Gasteiger partial charge is 0.312 e. The third-order valence-corrected chi connectivity index (χ3v) is 5.69. The van der Waals surface area contributed by atoms with Crippen LogP contribution in [0.15, 0.2) is 78.0 Å². The molecule has 3 rings (SSSR count). The summed E-state index contributed by atoms with van der Waals surface area (Å²) in [6.45, 7) is 3.05. The van der Waals surface area contributed by atoms with E-state index in [1.165, 1.54) is 0 Å². The summed E-state index contributed by atoms with van der Waals surface area (Å²) in [4.78, 5) is 4.30. The van der Waals surface area contributed by atoms with Gasteiger partial charge in [-0.25, -0.2) is 13.1 Å². The van der Waals surface area contributed by atoms with Crippen molar-refractivity contribution in [1.82, 2.24) is 15.0 Å². The van der Waals surface area contributed by atoms with Crippen LogP contribution in [0.2, 0.25) is 0 Å². The van der Waals surface area contributed by atoms with Gasteiger partial charge in [-0.15, -0.1) is 0 Å². The predicted octanol–water partition coefficient (Wildman–Crippen LogP) is 3.20. The van der Waals surface area contributed by atoms with Gasteiger partial charge in [-0.3, -0.25) is 4.98 Å². The molecule has 6 heteroatoms. The van der Waals surface area contributed by atoms with Crippen molar-refractivity contribution in [2.24, 2.45) is 0 Å². The van der Waals surface area contributed by atoms with Gasteiger partial charge in [-0.2, -0.15) is 0 Å². The van der Waals surface area contributed by atoms with E-state index < -0.39 is 10.0 Å². The average molecular weight is 382 g/mol. The molecule has 5 nitrogen and oxygen atoms in total. The lowest BCUT2D eigenvalue weighted by Gasteiger charge is -2.15. The molecule has 0 aliphatic heterocycles. The van der Waals surface area contributed by atoms with Crippen molar-refractivity contribution in [1.29, 1.82) is 0 Å². The molecule has 3 aromatic rings. The Bertz CT molecular complexity index is 1020. The molecule has 2 N–H and O–H groups in total. The number of aromatic nitrogens is 1. The van der Waals surface area contributed by atoms with Crippen LogP contribution in [0.25, 0.3) is 16.8 Å². The second kappa shape index (κ2) is 8.90. The predicted molar refractivity (Wildman–Crippen MR) is 110 cm³/mol. The maximum Gasteiger partial charge on any atom is 0.240 e. The number of fused-ring (bicyclic) bond motifs is 1. The van der Waals surface area contributed by atoms with Crippen molar-refractivity contribution in [2.75, 3.05) is 13.1 Å². The Morgan fingerprint density at radius 2 is 1.89 bits per heavy atom. The number of nitrogens with one attached hydrogen (secondary N) is 2. The Balaban J connectivity index is 1.52. The zero-order valence-electron chi connectivity index (χ0n) is 15.2. The van der Waals surface area contributed by atoms with E-state index >= 15 is 0 Å². The molecule has 0 saturated carbocycles. The fraction of sp³-hybridized carbons (Fsp3) is 0.190. The highest BCUT2D eigenvalue weighted by molar-refractivity contribution is 7.89. The molecule has 0 spiro atoms. The molecule has 0 aliphatic carbocycles. The summed E-state index contributed by atoms with van der Waals surface area (Å²) in [6, 6.07) is 16.7. The summed E-state index contributed by atoms with van der Waals surface area (Å²) in [7, 11) is -3.57. The molecule has 1 atom stereocenters. The third kappa shape index (κ3) is 5.47. The first kappa shape index (κ1) is 19.2. The zero-order valence-corrected chi connectivity index (χ0v) is 16.0. The Hall–Kier alpha value is -2.54. The standard InChI is InChI=1S/C21H23N3O2S/c1-17(15-22-12-5-8-18-6-3-2-4-7-18)24-27(25,26)21-10-9-20-16-23-13-11-19(20)14-21/h2-11,13-14,16-17,22,24H,12,15H2,1H3. The van der Waals surface area contributed by atoms with E-state index in [0.717, 1.165) is 16.3 Å². The van der Waals surface area contributed by atoms with E-state index in [1.807, 2.05) is 49.4 Å². The summed E-state index contributed by atoms with van der Waals surface area (Å²) in [5.74, 6) is 0. The average Bonchev–Trinajstić information content (AvgIpc) is 2.68. The van der Waals surface area contributed by atoms with E-state index in [4.69, 9.17) is 0 Å². The highest BCUT2D eigenvalue weighted by atomic mass is 32.2.